The fraction of sp³-hybridized carbons (Fsp3) is 0.750. The van der Waals surface area contributed by atoms with Crippen molar-refractivity contribution in [1.82, 2.24) is 15.3 Å². The number of hydrogen-bond donors (Lipinski definition) is 1. The molecule has 4 heteroatoms. The molecule has 0 saturated heterocycles. The van der Waals surface area contributed by atoms with Crippen LogP contribution in [0.15, 0.2) is 0 Å². The smallest absolute Gasteiger partial charge is 0.138 e. The molecule has 0 amide bonds. The molecule has 0 aliphatic carbocycles. The van der Waals surface area contributed by atoms with E-state index >= 15 is 0 Å². The molecule has 0 bridgehead atoms. The zero-order valence-corrected chi connectivity index (χ0v) is 14.6. The highest BCUT2D eigenvalue weighted by atomic mass is 32.2. The van der Waals surface area contributed by atoms with E-state index < -0.39 is 0 Å². The van der Waals surface area contributed by atoms with E-state index in [2.05, 4.69) is 46.9 Å². The van der Waals surface area contributed by atoms with Gasteiger partial charge in [0.15, 0.2) is 0 Å². The van der Waals surface area contributed by atoms with Crippen LogP contribution in [-0.2, 0) is 5.75 Å². The van der Waals surface area contributed by atoms with E-state index in [1.54, 1.807) is 0 Å². The number of rotatable bonds is 8. The van der Waals surface area contributed by atoms with E-state index in [9.17, 15) is 0 Å². The molecule has 114 valence electrons. The fourth-order valence-corrected chi connectivity index (χ4v) is 3.32. The summed E-state index contributed by atoms with van der Waals surface area (Å²) < 4.78 is 0. The van der Waals surface area contributed by atoms with Crippen molar-refractivity contribution >= 4 is 11.8 Å². The number of hydrogen-bond acceptors (Lipinski definition) is 4. The molecule has 0 aliphatic rings. The summed E-state index contributed by atoms with van der Waals surface area (Å²) in [5.41, 5.74) is 3.59. The molecular weight excluding hydrogens is 266 g/mol. The van der Waals surface area contributed by atoms with Gasteiger partial charge in [0.05, 0.1) is 5.75 Å². The van der Waals surface area contributed by atoms with Crippen LogP contribution in [0, 0.1) is 19.8 Å². The molecule has 3 nitrogen and oxygen atoms in total. The number of aryl methyl sites for hydroxylation is 2. The number of likely N-dealkylation sites (N-methyl/N-ethyl adjacent to an activating group) is 1. The molecular formula is C16H29N3S. The first-order chi connectivity index (χ1) is 9.45. The highest BCUT2D eigenvalue weighted by Gasteiger charge is 2.14. The minimum atomic E-state index is 0.465. The van der Waals surface area contributed by atoms with Crippen molar-refractivity contribution in [3.8, 4) is 0 Å². The molecule has 1 rings (SSSR count). The van der Waals surface area contributed by atoms with Crippen molar-refractivity contribution in [3.63, 3.8) is 0 Å². The van der Waals surface area contributed by atoms with E-state index in [1.807, 2.05) is 11.8 Å². The molecule has 1 aromatic rings. The van der Waals surface area contributed by atoms with Crippen LogP contribution in [0.4, 0.5) is 0 Å². The lowest BCUT2D eigenvalue weighted by molar-refractivity contribution is 0.623. The summed E-state index contributed by atoms with van der Waals surface area (Å²) in [7, 11) is 0. The first-order valence-electron chi connectivity index (χ1n) is 7.58. The van der Waals surface area contributed by atoms with E-state index in [1.165, 1.54) is 11.3 Å². The summed E-state index contributed by atoms with van der Waals surface area (Å²) in [5.74, 6) is 4.25. The second kappa shape index (κ2) is 8.63. The predicted octanol–water partition coefficient (Wildman–Crippen LogP) is 3.70. The Hall–Kier alpha value is -0.610. The maximum atomic E-state index is 4.70. The molecule has 0 aliphatic heterocycles. The highest BCUT2D eigenvalue weighted by molar-refractivity contribution is 7.98. The minimum Gasteiger partial charge on any atom is -0.316 e. The van der Waals surface area contributed by atoms with Crippen LogP contribution >= 0.6 is 11.8 Å². The van der Waals surface area contributed by atoms with Gasteiger partial charge in [0.2, 0.25) is 0 Å². The van der Waals surface area contributed by atoms with Gasteiger partial charge >= 0.3 is 0 Å². The van der Waals surface area contributed by atoms with Gasteiger partial charge < -0.3 is 5.32 Å². The topological polar surface area (TPSA) is 37.8 Å². The SMILES string of the molecule is CCNCC(C)c1c(C)nc(CSCC(C)C)nc1C. The van der Waals surface area contributed by atoms with Gasteiger partial charge in [-0.2, -0.15) is 11.8 Å². The minimum absolute atomic E-state index is 0.465. The molecule has 0 aromatic carbocycles. The quantitative estimate of drug-likeness (QED) is 0.793. The second-order valence-electron chi connectivity index (χ2n) is 5.84. The predicted molar refractivity (Wildman–Crippen MR) is 89.5 cm³/mol. The molecule has 1 heterocycles. The summed E-state index contributed by atoms with van der Waals surface area (Å²) in [5, 5.41) is 3.40. The average Bonchev–Trinajstić information content (AvgIpc) is 2.35. The normalized spacial score (nSPS) is 12.9. The summed E-state index contributed by atoms with van der Waals surface area (Å²) in [4.78, 5) is 9.40. The molecule has 20 heavy (non-hydrogen) atoms. The van der Waals surface area contributed by atoms with E-state index in [0.717, 1.165) is 42.0 Å². The number of nitrogens with zero attached hydrogens (tertiary/aromatic N) is 2. The van der Waals surface area contributed by atoms with Gasteiger partial charge in [-0.1, -0.05) is 27.7 Å². The lowest BCUT2D eigenvalue weighted by Gasteiger charge is -2.17. The Morgan fingerprint density at radius 3 is 2.20 bits per heavy atom. The zero-order chi connectivity index (χ0) is 15.1. The molecule has 1 unspecified atom stereocenters. The van der Waals surface area contributed by atoms with Crippen LogP contribution in [0.2, 0.25) is 0 Å². The molecule has 0 saturated carbocycles. The van der Waals surface area contributed by atoms with Crippen LogP contribution in [0.5, 0.6) is 0 Å². The van der Waals surface area contributed by atoms with Gasteiger partial charge in [-0.25, -0.2) is 9.97 Å². The van der Waals surface area contributed by atoms with Crippen LogP contribution in [-0.4, -0.2) is 28.8 Å². The van der Waals surface area contributed by atoms with Gasteiger partial charge in [0, 0.05) is 17.9 Å². The van der Waals surface area contributed by atoms with Gasteiger partial charge in [0.1, 0.15) is 5.82 Å². The average molecular weight is 295 g/mol. The zero-order valence-electron chi connectivity index (χ0n) is 13.8. The Balaban J connectivity index is 2.75. The van der Waals surface area contributed by atoms with Crippen LogP contribution in [0.1, 0.15) is 56.4 Å². The largest absolute Gasteiger partial charge is 0.316 e. The Morgan fingerprint density at radius 1 is 1.10 bits per heavy atom. The summed E-state index contributed by atoms with van der Waals surface area (Å²) >= 11 is 1.92. The van der Waals surface area contributed by atoms with E-state index in [-0.39, 0.29) is 0 Å². The third-order valence-electron chi connectivity index (χ3n) is 3.25. The summed E-state index contributed by atoms with van der Waals surface area (Å²) in [6, 6.07) is 0. The standard InChI is InChI=1S/C16H29N3S/c1-7-17-8-12(4)16-13(5)18-15(19-14(16)6)10-20-9-11(2)3/h11-12,17H,7-10H2,1-6H3. The maximum absolute atomic E-state index is 4.70. The third-order valence-corrected chi connectivity index (χ3v) is 4.61. The van der Waals surface area contributed by atoms with Crippen LogP contribution < -0.4 is 5.32 Å². The fourth-order valence-electron chi connectivity index (χ4n) is 2.42. The number of thioether (sulfide) groups is 1. The van der Waals surface area contributed by atoms with Gasteiger partial charge in [-0.15, -0.1) is 0 Å². The summed E-state index contributed by atoms with van der Waals surface area (Å²) in [6.07, 6.45) is 0. The lowest BCUT2D eigenvalue weighted by Crippen LogP contribution is -2.21. The highest BCUT2D eigenvalue weighted by Crippen LogP contribution is 2.22. The van der Waals surface area contributed by atoms with E-state index in [0.29, 0.717) is 5.92 Å². The number of aromatic nitrogens is 2. The first kappa shape index (κ1) is 17.4. The molecule has 0 fully saturated rings. The van der Waals surface area contributed by atoms with Crippen molar-refractivity contribution in [3.05, 3.63) is 22.8 Å². The number of nitrogens with one attached hydrogen (secondary N) is 1. The van der Waals surface area contributed by atoms with Crippen LogP contribution in [0.3, 0.4) is 0 Å². The van der Waals surface area contributed by atoms with Crippen molar-refractivity contribution < 1.29 is 0 Å². The Labute approximate surface area is 128 Å². The third kappa shape index (κ3) is 5.41. The monoisotopic (exact) mass is 295 g/mol. The lowest BCUT2D eigenvalue weighted by atomic mass is 9.98. The maximum Gasteiger partial charge on any atom is 0.138 e. The molecule has 0 radical (unpaired) electrons. The van der Waals surface area contributed by atoms with Crippen LogP contribution in [0.25, 0.3) is 0 Å². The summed E-state index contributed by atoms with van der Waals surface area (Å²) in [6.45, 7) is 15.1. The first-order valence-corrected chi connectivity index (χ1v) is 8.73. The molecule has 1 atom stereocenters. The van der Waals surface area contributed by atoms with Crippen molar-refractivity contribution in [2.75, 3.05) is 18.8 Å². The van der Waals surface area contributed by atoms with E-state index in [4.69, 9.17) is 9.97 Å². The van der Waals surface area contributed by atoms with Gasteiger partial charge in [0.25, 0.3) is 0 Å². The van der Waals surface area contributed by atoms with Crippen molar-refractivity contribution in [2.24, 2.45) is 5.92 Å². The Morgan fingerprint density at radius 2 is 1.70 bits per heavy atom. The Bertz CT molecular complexity index is 395. The Kier molecular flexibility index (Phi) is 7.52. The van der Waals surface area contributed by atoms with Gasteiger partial charge in [-0.05, 0) is 43.5 Å². The van der Waals surface area contributed by atoms with Crippen molar-refractivity contribution in [1.29, 1.82) is 0 Å². The second-order valence-corrected chi connectivity index (χ2v) is 6.87. The molecule has 0 spiro atoms. The van der Waals surface area contributed by atoms with Crippen molar-refractivity contribution in [2.45, 2.75) is 53.2 Å². The molecule has 1 N–H and O–H groups in total. The molecule has 1 aromatic heterocycles. The van der Waals surface area contributed by atoms with Gasteiger partial charge in [-0.3, -0.25) is 0 Å².